The van der Waals surface area contributed by atoms with Crippen molar-refractivity contribution >= 4 is 23.5 Å². The number of ketones is 1. The van der Waals surface area contributed by atoms with Crippen LogP contribution in [0, 0.1) is 0 Å². The van der Waals surface area contributed by atoms with Gasteiger partial charge in [0.05, 0.1) is 23.6 Å². The second-order valence-corrected chi connectivity index (χ2v) is 12.8. The second-order valence-electron chi connectivity index (χ2n) is 12.8. The van der Waals surface area contributed by atoms with Crippen molar-refractivity contribution in [3.8, 4) is 11.4 Å². The number of carbonyl (C=O) groups is 2. The summed E-state index contributed by atoms with van der Waals surface area (Å²) in [5.41, 5.74) is 2.83. The van der Waals surface area contributed by atoms with Crippen LogP contribution in [0.4, 0.5) is 16.4 Å². The van der Waals surface area contributed by atoms with Crippen LogP contribution < -0.4 is 5.32 Å². The molecule has 3 aromatic heterocycles. The van der Waals surface area contributed by atoms with Crippen LogP contribution in [0.25, 0.3) is 11.4 Å². The minimum Gasteiger partial charge on any atom is -0.444 e. The van der Waals surface area contributed by atoms with Crippen LogP contribution in [0.5, 0.6) is 0 Å². The van der Waals surface area contributed by atoms with Crippen LogP contribution in [0.15, 0.2) is 43.1 Å². The normalized spacial score (nSPS) is 15.5. The Morgan fingerprint density at radius 1 is 1.09 bits per heavy atom. The Labute approximate surface area is 250 Å². The Morgan fingerprint density at radius 3 is 2.56 bits per heavy atom. The van der Waals surface area contributed by atoms with E-state index in [0.29, 0.717) is 37.0 Å². The number of nitrogens with one attached hydrogen (secondary N) is 1. The number of aromatic nitrogens is 8. The fraction of sp³-hybridized carbons (Fsp3) is 0.467. The number of fused-ring (bicyclic) bond motifs is 1. The highest BCUT2D eigenvalue weighted by Gasteiger charge is 2.30. The third-order valence-electron chi connectivity index (χ3n) is 7.03. The van der Waals surface area contributed by atoms with E-state index in [0.717, 1.165) is 22.4 Å². The van der Waals surface area contributed by atoms with Gasteiger partial charge in [-0.3, -0.25) is 9.48 Å². The molecule has 1 aliphatic heterocycles. The fourth-order valence-corrected chi connectivity index (χ4v) is 4.88. The molecule has 0 saturated carbocycles. The standard InChI is InChI=1S/C30H38N10O3/c1-29(2,3)40-17-24(36-37-40)25(41)13-19-10-11-39(28(42)43-30(4,5)6)15-21-12-20(8-9-23(19)21)26-31-18-32-27(35-26)34-22-14-33-38(7)16-22/h8-9,12,14,16-19H,10-11,13,15H2,1-7H3,(H,31,32,34,35)/t19-/m0/s1. The SMILES string of the molecule is Cn1cc(Nc2ncnc(-c3ccc4c(c3)CN(C(=O)OC(C)(C)C)CC[C@H]4CC(=O)c3cn(C(C)(C)C)nn3)n2)cn1. The van der Waals surface area contributed by atoms with Crippen LogP contribution in [-0.2, 0) is 23.9 Å². The largest absolute Gasteiger partial charge is 0.444 e. The molecule has 0 spiro atoms. The smallest absolute Gasteiger partial charge is 0.410 e. The molecule has 4 aromatic rings. The van der Waals surface area contributed by atoms with Crippen LogP contribution in [0.1, 0.15) is 81.9 Å². The summed E-state index contributed by atoms with van der Waals surface area (Å²) in [5.74, 6) is 0.633. The van der Waals surface area contributed by atoms with E-state index in [1.165, 1.54) is 6.33 Å². The van der Waals surface area contributed by atoms with Crippen molar-refractivity contribution in [3.05, 3.63) is 59.9 Å². The molecule has 0 aliphatic carbocycles. The van der Waals surface area contributed by atoms with Gasteiger partial charge in [0, 0.05) is 38.3 Å². The maximum Gasteiger partial charge on any atom is 0.410 e. The minimum atomic E-state index is -0.634. The summed E-state index contributed by atoms with van der Waals surface area (Å²) in [5, 5.41) is 15.6. The van der Waals surface area contributed by atoms with E-state index in [9.17, 15) is 9.59 Å². The number of Topliss-reactive ketones (excluding diaryl/α,β-unsaturated/α-hetero) is 1. The molecule has 5 rings (SSSR count). The lowest BCUT2D eigenvalue weighted by molar-refractivity contribution is 0.0235. The number of anilines is 2. The topological polar surface area (TPSA) is 146 Å². The maximum atomic E-state index is 13.4. The van der Waals surface area contributed by atoms with Gasteiger partial charge in [-0.05, 0) is 71.1 Å². The monoisotopic (exact) mass is 586 g/mol. The Balaban J connectivity index is 1.45. The molecular weight excluding hydrogens is 548 g/mol. The van der Waals surface area contributed by atoms with Gasteiger partial charge >= 0.3 is 6.09 Å². The zero-order chi connectivity index (χ0) is 30.9. The Kier molecular flexibility index (Phi) is 8.00. The molecule has 0 fully saturated rings. The molecule has 226 valence electrons. The lowest BCUT2D eigenvalue weighted by atomic mass is 9.87. The van der Waals surface area contributed by atoms with Crippen molar-refractivity contribution < 1.29 is 14.3 Å². The van der Waals surface area contributed by atoms with Crippen LogP contribution >= 0.6 is 0 Å². The number of hydrogen-bond donors (Lipinski definition) is 1. The number of amides is 1. The van der Waals surface area contributed by atoms with Gasteiger partial charge in [-0.25, -0.2) is 19.4 Å². The molecule has 13 heteroatoms. The van der Waals surface area contributed by atoms with Gasteiger partial charge in [-0.15, -0.1) is 5.10 Å². The fourth-order valence-electron chi connectivity index (χ4n) is 4.88. The Morgan fingerprint density at radius 2 is 1.88 bits per heavy atom. The molecule has 1 N–H and O–H groups in total. The van der Waals surface area contributed by atoms with Gasteiger partial charge in [-0.2, -0.15) is 10.1 Å². The van der Waals surface area contributed by atoms with Crippen LogP contribution in [0.3, 0.4) is 0 Å². The number of rotatable bonds is 6. The van der Waals surface area contributed by atoms with Gasteiger partial charge in [0.1, 0.15) is 17.6 Å². The summed E-state index contributed by atoms with van der Waals surface area (Å²) >= 11 is 0. The van der Waals surface area contributed by atoms with E-state index in [2.05, 4.69) is 35.7 Å². The summed E-state index contributed by atoms with van der Waals surface area (Å²) in [4.78, 5) is 41.5. The average Bonchev–Trinajstić information content (AvgIpc) is 3.55. The molecule has 0 unspecified atom stereocenters. The molecule has 0 saturated heterocycles. The number of benzene rings is 1. The number of hydrogen-bond acceptors (Lipinski definition) is 10. The van der Waals surface area contributed by atoms with E-state index in [1.807, 2.05) is 73.0 Å². The molecule has 1 aliphatic rings. The van der Waals surface area contributed by atoms with Crippen molar-refractivity contribution in [1.82, 2.24) is 44.6 Å². The van der Waals surface area contributed by atoms with Gasteiger partial charge in [0.25, 0.3) is 0 Å². The van der Waals surface area contributed by atoms with Gasteiger partial charge in [0.2, 0.25) is 5.95 Å². The molecular formula is C30H38N10O3. The van der Waals surface area contributed by atoms with Crippen molar-refractivity contribution in [2.75, 3.05) is 11.9 Å². The molecule has 43 heavy (non-hydrogen) atoms. The Hall–Kier alpha value is -4.68. The third kappa shape index (κ3) is 7.22. The number of carbonyl (C=O) groups excluding carboxylic acids is 2. The van der Waals surface area contributed by atoms with Gasteiger partial charge in [0.15, 0.2) is 11.6 Å². The van der Waals surface area contributed by atoms with Crippen molar-refractivity contribution in [1.29, 1.82) is 0 Å². The van der Waals surface area contributed by atoms with E-state index < -0.39 is 11.7 Å². The maximum absolute atomic E-state index is 13.4. The third-order valence-corrected chi connectivity index (χ3v) is 7.03. The summed E-state index contributed by atoms with van der Waals surface area (Å²) in [7, 11) is 1.83. The summed E-state index contributed by atoms with van der Waals surface area (Å²) in [6, 6.07) is 5.93. The van der Waals surface area contributed by atoms with E-state index in [1.54, 1.807) is 26.7 Å². The lowest BCUT2D eigenvalue weighted by Crippen LogP contribution is -2.36. The molecule has 0 radical (unpaired) electrons. The van der Waals surface area contributed by atoms with Crippen LogP contribution in [-0.4, -0.2) is 68.6 Å². The number of aryl methyl sites for hydroxylation is 1. The first-order valence-electron chi connectivity index (χ1n) is 14.3. The van der Waals surface area contributed by atoms with E-state index in [-0.39, 0.29) is 23.7 Å². The van der Waals surface area contributed by atoms with Crippen molar-refractivity contribution in [2.45, 2.75) is 78.0 Å². The van der Waals surface area contributed by atoms with Gasteiger partial charge < -0.3 is 15.0 Å². The zero-order valence-corrected chi connectivity index (χ0v) is 25.7. The summed E-state index contributed by atoms with van der Waals surface area (Å²) < 4.78 is 9.09. The number of ether oxygens (including phenoxy) is 1. The van der Waals surface area contributed by atoms with E-state index in [4.69, 9.17) is 4.74 Å². The first kappa shape index (κ1) is 29.8. The average molecular weight is 587 g/mol. The van der Waals surface area contributed by atoms with Crippen molar-refractivity contribution in [3.63, 3.8) is 0 Å². The highest BCUT2D eigenvalue weighted by molar-refractivity contribution is 5.94. The highest BCUT2D eigenvalue weighted by atomic mass is 16.6. The minimum absolute atomic E-state index is 0.0928. The molecule has 1 aromatic carbocycles. The second kappa shape index (κ2) is 11.5. The van der Waals surface area contributed by atoms with E-state index >= 15 is 0 Å². The van der Waals surface area contributed by atoms with Crippen molar-refractivity contribution in [2.24, 2.45) is 7.05 Å². The predicted molar refractivity (Wildman–Crippen MR) is 160 cm³/mol. The molecule has 1 amide bonds. The zero-order valence-electron chi connectivity index (χ0n) is 25.7. The molecule has 13 nitrogen and oxygen atoms in total. The molecule has 4 heterocycles. The van der Waals surface area contributed by atoms with Gasteiger partial charge in [-0.1, -0.05) is 17.3 Å². The molecule has 1 atom stereocenters. The quantitative estimate of drug-likeness (QED) is 0.311. The summed E-state index contributed by atoms with van der Waals surface area (Å²) in [6.07, 6.45) is 7.09. The Bertz CT molecular complexity index is 1630. The molecule has 0 bridgehead atoms. The lowest BCUT2D eigenvalue weighted by Gasteiger charge is -2.26. The number of nitrogens with zero attached hydrogens (tertiary/aromatic N) is 9. The first-order valence-corrected chi connectivity index (χ1v) is 14.3. The first-order chi connectivity index (χ1) is 20.2. The van der Waals surface area contributed by atoms with Crippen LogP contribution in [0.2, 0.25) is 0 Å². The predicted octanol–water partition coefficient (Wildman–Crippen LogP) is 4.86. The summed E-state index contributed by atoms with van der Waals surface area (Å²) in [6.45, 7) is 12.3. The highest BCUT2D eigenvalue weighted by Crippen LogP contribution is 2.35.